The van der Waals surface area contributed by atoms with Gasteiger partial charge in [-0.1, -0.05) is 28.1 Å². The Labute approximate surface area is 106 Å². The number of nitrogens with one attached hydrogen (secondary N) is 1. The van der Waals surface area contributed by atoms with E-state index in [1.807, 2.05) is 24.3 Å². The van der Waals surface area contributed by atoms with Crippen molar-refractivity contribution in [3.05, 3.63) is 56.5 Å². The van der Waals surface area contributed by atoms with Gasteiger partial charge in [0.05, 0.1) is 6.07 Å². The van der Waals surface area contributed by atoms with E-state index < -0.39 is 0 Å². The van der Waals surface area contributed by atoms with E-state index in [1.165, 1.54) is 0 Å². The van der Waals surface area contributed by atoms with Crippen molar-refractivity contribution in [2.75, 3.05) is 0 Å². The molecule has 1 aromatic carbocycles. The fraction of sp³-hybridized carbons (Fsp3) is 0.167. The Morgan fingerprint density at radius 1 is 1.24 bits per heavy atom. The zero-order chi connectivity index (χ0) is 12.3. The SMILES string of the molecule is O=c1cc(O)nc(CCc2ccc(Br)cc2)[nH]1. The van der Waals surface area contributed by atoms with Gasteiger partial charge in [-0.15, -0.1) is 0 Å². The molecule has 4 nitrogen and oxygen atoms in total. The predicted octanol–water partition coefficient (Wildman–Crippen LogP) is 2.02. The van der Waals surface area contributed by atoms with Crippen LogP contribution in [0.25, 0.3) is 0 Å². The molecule has 2 rings (SSSR count). The molecule has 1 aromatic heterocycles. The van der Waals surface area contributed by atoms with Crippen molar-refractivity contribution in [1.29, 1.82) is 0 Å². The van der Waals surface area contributed by atoms with Crippen molar-refractivity contribution in [3.8, 4) is 5.88 Å². The highest BCUT2D eigenvalue weighted by atomic mass is 79.9. The summed E-state index contributed by atoms with van der Waals surface area (Å²) in [5, 5.41) is 9.19. The van der Waals surface area contributed by atoms with Crippen LogP contribution >= 0.6 is 15.9 Å². The summed E-state index contributed by atoms with van der Waals surface area (Å²) >= 11 is 3.37. The van der Waals surface area contributed by atoms with Gasteiger partial charge in [0, 0.05) is 10.9 Å². The zero-order valence-corrected chi connectivity index (χ0v) is 10.6. The van der Waals surface area contributed by atoms with Crippen molar-refractivity contribution in [3.63, 3.8) is 0 Å². The molecule has 0 saturated carbocycles. The maximum Gasteiger partial charge on any atom is 0.254 e. The third-order valence-corrected chi connectivity index (χ3v) is 2.87. The van der Waals surface area contributed by atoms with Crippen LogP contribution in [0.3, 0.4) is 0 Å². The number of benzene rings is 1. The minimum atomic E-state index is -0.330. The quantitative estimate of drug-likeness (QED) is 0.910. The summed E-state index contributed by atoms with van der Waals surface area (Å²) in [6, 6.07) is 9.00. The second kappa shape index (κ2) is 5.14. The first-order valence-corrected chi connectivity index (χ1v) is 5.96. The van der Waals surface area contributed by atoms with Crippen molar-refractivity contribution in [2.24, 2.45) is 0 Å². The van der Waals surface area contributed by atoms with Gasteiger partial charge < -0.3 is 10.1 Å². The average Bonchev–Trinajstić information content (AvgIpc) is 2.27. The van der Waals surface area contributed by atoms with E-state index in [-0.39, 0.29) is 11.4 Å². The lowest BCUT2D eigenvalue weighted by atomic mass is 10.1. The molecule has 17 heavy (non-hydrogen) atoms. The van der Waals surface area contributed by atoms with Crippen LogP contribution in [0.4, 0.5) is 0 Å². The molecule has 0 radical (unpaired) electrons. The molecular weight excluding hydrogens is 284 g/mol. The molecule has 0 aliphatic rings. The van der Waals surface area contributed by atoms with Crippen LogP contribution in [0.1, 0.15) is 11.4 Å². The zero-order valence-electron chi connectivity index (χ0n) is 8.98. The first-order valence-electron chi connectivity index (χ1n) is 5.17. The van der Waals surface area contributed by atoms with Gasteiger partial charge in [-0.25, -0.2) is 4.98 Å². The van der Waals surface area contributed by atoms with Crippen LogP contribution in [0.5, 0.6) is 5.88 Å². The number of H-pyrrole nitrogens is 1. The Morgan fingerprint density at radius 2 is 1.94 bits per heavy atom. The standard InChI is InChI=1S/C12H11BrN2O2/c13-9-4-1-8(2-5-9)3-6-10-14-11(16)7-12(17)15-10/h1-2,4-5,7H,3,6H2,(H2,14,15,16,17). The monoisotopic (exact) mass is 294 g/mol. The Kier molecular flexibility index (Phi) is 3.58. The van der Waals surface area contributed by atoms with Crippen molar-refractivity contribution < 1.29 is 5.11 Å². The molecule has 0 saturated heterocycles. The van der Waals surface area contributed by atoms with Crippen molar-refractivity contribution in [2.45, 2.75) is 12.8 Å². The second-order valence-corrected chi connectivity index (χ2v) is 4.59. The molecule has 0 spiro atoms. The molecule has 0 atom stereocenters. The summed E-state index contributed by atoms with van der Waals surface area (Å²) in [5.74, 6) is 0.262. The van der Waals surface area contributed by atoms with Gasteiger partial charge in [-0.05, 0) is 24.1 Å². The molecule has 0 bridgehead atoms. The Balaban J connectivity index is 2.07. The Morgan fingerprint density at radius 3 is 2.59 bits per heavy atom. The lowest BCUT2D eigenvalue weighted by Crippen LogP contribution is -2.10. The summed E-state index contributed by atoms with van der Waals surface area (Å²) in [7, 11) is 0. The fourth-order valence-electron chi connectivity index (χ4n) is 1.53. The predicted molar refractivity (Wildman–Crippen MR) is 68.1 cm³/mol. The molecule has 0 unspecified atom stereocenters. The van der Waals surface area contributed by atoms with E-state index in [9.17, 15) is 9.90 Å². The van der Waals surface area contributed by atoms with Crippen LogP contribution in [0, 0.1) is 0 Å². The van der Waals surface area contributed by atoms with E-state index in [2.05, 4.69) is 25.9 Å². The summed E-state index contributed by atoms with van der Waals surface area (Å²) in [4.78, 5) is 17.6. The number of hydrogen-bond donors (Lipinski definition) is 2. The van der Waals surface area contributed by atoms with Gasteiger partial charge in [0.25, 0.3) is 5.56 Å². The highest BCUT2D eigenvalue weighted by Crippen LogP contribution is 2.12. The van der Waals surface area contributed by atoms with Gasteiger partial charge in [-0.2, -0.15) is 0 Å². The molecule has 0 amide bonds. The van der Waals surface area contributed by atoms with Gasteiger partial charge in [-0.3, -0.25) is 4.79 Å². The third kappa shape index (κ3) is 3.42. The topological polar surface area (TPSA) is 66.0 Å². The van der Waals surface area contributed by atoms with Crippen LogP contribution < -0.4 is 5.56 Å². The van der Waals surface area contributed by atoms with E-state index in [0.29, 0.717) is 12.2 Å². The summed E-state index contributed by atoms with van der Waals surface area (Å²) in [5.41, 5.74) is 0.822. The second-order valence-electron chi connectivity index (χ2n) is 3.68. The highest BCUT2D eigenvalue weighted by molar-refractivity contribution is 9.10. The molecule has 2 aromatic rings. The van der Waals surface area contributed by atoms with Gasteiger partial charge in [0.2, 0.25) is 5.88 Å². The molecule has 88 valence electrons. The number of aromatic amines is 1. The van der Waals surface area contributed by atoms with Gasteiger partial charge in [0.1, 0.15) is 5.82 Å². The molecule has 2 N–H and O–H groups in total. The fourth-order valence-corrected chi connectivity index (χ4v) is 1.79. The van der Waals surface area contributed by atoms with Crippen molar-refractivity contribution in [1.82, 2.24) is 9.97 Å². The van der Waals surface area contributed by atoms with Crippen molar-refractivity contribution >= 4 is 15.9 Å². The number of rotatable bonds is 3. The van der Waals surface area contributed by atoms with Gasteiger partial charge >= 0.3 is 0 Å². The largest absolute Gasteiger partial charge is 0.493 e. The number of aryl methyl sites for hydroxylation is 2. The lowest BCUT2D eigenvalue weighted by Gasteiger charge is -2.02. The number of nitrogens with zero attached hydrogens (tertiary/aromatic N) is 1. The van der Waals surface area contributed by atoms with E-state index in [4.69, 9.17) is 0 Å². The maximum absolute atomic E-state index is 11.1. The molecule has 1 heterocycles. The number of halogens is 1. The average molecular weight is 295 g/mol. The molecule has 5 heteroatoms. The van der Waals surface area contributed by atoms with E-state index in [1.54, 1.807) is 0 Å². The summed E-state index contributed by atoms with van der Waals surface area (Å²) < 4.78 is 1.03. The molecule has 0 aliphatic heterocycles. The van der Waals surface area contributed by atoms with Crippen LogP contribution in [-0.2, 0) is 12.8 Å². The Bertz CT molecular complexity index is 563. The molecule has 0 fully saturated rings. The number of hydrogen-bond acceptors (Lipinski definition) is 3. The minimum absolute atomic E-state index is 0.237. The number of aromatic nitrogens is 2. The normalized spacial score (nSPS) is 10.4. The minimum Gasteiger partial charge on any atom is -0.493 e. The smallest absolute Gasteiger partial charge is 0.254 e. The highest BCUT2D eigenvalue weighted by Gasteiger charge is 2.01. The Hall–Kier alpha value is -1.62. The maximum atomic E-state index is 11.1. The van der Waals surface area contributed by atoms with E-state index >= 15 is 0 Å². The first kappa shape index (κ1) is 11.9. The van der Waals surface area contributed by atoms with Gasteiger partial charge in [0.15, 0.2) is 0 Å². The molecular formula is C12H11BrN2O2. The third-order valence-electron chi connectivity index (χ3n) is 2.34. The number of aromatic hydroxyl groups is 1. The van der Waals surface area contributed by atoms with Crippen LogP contribution in [-0.4, -0.2) is 15.1 Å². The summed E-state index contributed by atoms with van der Waals surface area (Å²) in [6.07, 6.45) is 1.35. The van der Waals surface area contributed by atoms with Crippen LogP contribution in [0.2, 0.25) is 0 Å². The lowest BCUT2D eigenvalue weighted by molar-refractivity contribution is 0.447. The van der Waals surface area contributed by atoms with Crippen LogP contribution in [0.15, 0.2) is 39.6 Å². The first-order chi connectivity index (χ1) is 8.13. The molecule has 0 aliphatic carbocycles. The van der Waals surface area contributed by atoms with E-state index in [0.717, 1.165) is 22.5 Å². The summed E-state index contributed by atoms with van der Waals surface area (Å²) in [6.45, 7) is 0.